The van der Waals surface area contributed by atoms with Crippen LogP contribution in [-0.4, -0.2) is 55.7 Å². The van der Waals surface area contributed by atoms with Gasteiger partial charge in [0.2, 0.25) is 11.8 Å². The Labute approximate surface area is 103 Å². The summed E-state index contributed by atoms with van der Waals surface area (Å²) in [6, 6.07) is 0. The van der Waals surface area contributed by atoms with Crippen molar-refractivity contribution in [1.29, 1.82) is 0 Å². The minimum absolute atomic E-state index is 0.138. The molecule has 0 heterocycles. The summed E-state index contributed by atoms with van der Waals surface area (Å²) < 4.78 is 40.4. The van der Waals surface area contributed by atoms with E-state index < -0.39 is 31.1 Å². The molecular formula is C10H17F3N2O3. The van der Waals surface area contributed by atoms with E-state index in [0.717, 1.165) is 4.90 Å². The van der Waals surface area contributed by atoms with Crippen LogP contribution < -0.4 is 5.32 Å². The highest BCUT2D eigenvalue weighted by atomic mass is 19.4. The molecule has 0 spiro atoms. The second-order valence-electron chi connectivity index (χ2n) is 4.00. The predicted molar refractivity (Wildman–Crippen MR) is 57.8 cm³/mol. The summed E-state index contributed by atoms with van der Waals surface area (Å²) >= 11 is 0. The molecule has 0 aromatic carbocycles. The van der Waals surface area contributed by atoms with E-state index in [-0.39, 0.29) is 12.7 Å². The molecule has 0 aliphatic rings. The van der Waals surface area contributed by atoms with E-state index in [0.29, 0.717) is 0 Å². The van der Waals surface area contributed by atoms with Gasteiger partial charge < -0.3 is 15.0 Å². The van der Waals surface area contributed by atoms with Gasteiger partial charge in [-0.15, -0.1) is 0 Å². The van der Waals surface area contributed by atoms with E-state index in [1.807, 2.05) is 0 Å². The predicted octanol–water partition coefficient (Wildman–Crippen LogP) is 0.548. The fourth-order valence-corrected chi connectivity index (χ4v) is 0.906. The first-order valence-electron chi connectivity index (χ1n) is 5.31. The zero-order chi connectivity index (χ0) is 14.3. The summed E-state index contributed by atoms with van der Waals surface area (Å²) in [7, 11) is 1.32. The summed E-state index contributed by atoms with van der Waals surface area (Å²) in [4.78, 5) is 23.5. The normalized spacial score (nSPS) is 11.5. The Balaban J connectivity index is 3.96. The average Bonchev–Trinajstić information content (AvgIpc) is 2.21. The lowest BCUT2D eigenvalue weighted by Crippen LogP contribution is -2.42. The Morgan fingerprint density at radius 3 is 2.33 bits per heavy atom. The van der Waals surface area contributed by atoms with Crippen LogP contribution >= 0.6 is 0 Å². The lowest BCUT2D eigenvalue weighted by Gasteiger charge is -2.18. The number of ether oxygens (including phenoxy) is 1. The lowest BCUT2D eigenvalue weighted by atomic mass is 10.4. The lowest BCUT2D eigenvalue weighted by molar-refractivity contribution is -0.143. The molecule has 0 aliphatic carbocycles. The highest BCUT2D eigenvalue weighted by molar-refractivity contribution is 5.85. The van der Waals surface area contributed by atoms with Gasteiger partial charge in [0, 0.05) is 7.05 Å². The van der Waals surface area contributed by atoms with Gasteiger partial charge in [0.1, 0.15) is 13.2 Å². The number of nitrogens with one attached hydrogen (secondary N) is 1. The van der Waals surface area contributed by atoms with E-state index in [2.05, 4.69) is 0 Å². The zero-order valence-corrected chi connectivity index (χ0v) is 10.5. The van der Waals surface area contributed by atoms with Gasteiger partial charge in [-0.1, -0.05) is 0 Å². The Morgan fingerprint density at radius 2 is 1.89 bits per heavy atom. The number of hydrogen-bond donors (Lipinski definition) is 1. The van der Waals surface area contributed by atoms with Gasteiger partial charge in [-0.25, -0.2) is 0 Å². The number of rotatable bonds is 6. The molecule has 0 bridgehead atoms. The number of carbonyl (C=O) groups is 2. The van der Waals surface area contributed by atoms with Crippen LogP contribution in [0.25, 0.3) is 0 Å². The largest absolute Gasteiger partial charge is 0.405 e. The summed E-state index contributed by atoms with van der Waals surface area (Å²) in [6.07, 6.45) is -4.60. The first-order valence-corrected chi connectivity index (χ1v) is 5.31. The Hall–Kier alpha value is -1.31. The standard InChI is InChI=1S/C10H17F3N2O3/c1-7(2)18-5-9(17)15(3)4-8(16)14-6-10(11,12)13/h7H,4-6H2,1-3H3,(H,14,16). The van der Waals surface area contributed by atoms with Crippen molar-refractivity contribution in [3.05, 3.63) is 0 Å². The van der Waals surface area contributed by atoms with Crippen LogP contribution in [-0.2, 0) is 14.3 Å². The maximum absolute atomic E-state index is 11.8. The molecule has 18 heavy (non-hydrogen) atoms. The highest BCUT2D eigenvalue weighted by Gasteiger charge is 2.28. The maximum Gasteiger partial charge on any atom is 0.405 e. The zero-order valence-electron chi connectivity index (χ0n) is 10.5. The van der Waals surface area contributed by atoms with E-state index in [4.69, 9.17) is 4.74 Å². The molecule has 0 rings (SSSR count). The topological polar surface area (TPSA) is 58.6 Å². The number of hydrogen-bond acceptors (Lipinski definition) is 3. The fourth-order valence-electron chi connectivity index (χ4n) is 0.906. The van der Waals surface area contributed by atoms with Crippen molar-refractivity contribution in [3.63, 3.8) is 0 Å². The number of alkyl halides is 3. The first kappa shape index (κ1) is 16.7. The number of likely N-dealkylation sites (N-methyl/N-ethyl adjacent to an activating group) is 1. The quantitative estimate of drug-likeness (QED) is 0.766. The SMILES string of the molecule is CC(C)OCC(=O)N(C)CC(=O)NCC(F)(F)F. The monoisotopic (exact) mass is 270 g/mol. The number of halogens is 3. The van der Waals surface area contributed by atoms with Gasteiger partial charge in [-0.2, -0.15) is 13.2 Å². The number of carbonyl (C=O) groups excluding carboxylic acids is 2. The molecule has 8 heteroatoms. The molecule has 0 aromatic heterocycles. The van der Waals surface area contributed by atoms with Gasteiger partial charge in [0.15, 0.2) is 0 Å². The molecule has 0 saturated heterocycles. The molecule has 0 saturated carbocycles. The van der Waals surface area contributed by atoms with Crippen molar-refractivity contribution in [2.75, 3.05) is 26.7 Å². The van der Waals surface area contributed by atoms with Crippen LogP contribution in [0.4, 0.5) is 13.2 Å². The minimum Gasteiger partial charge on any atom is -0.369 e. The number of nitrogens with zero attached hydrogens (tertiary/aromatic N) is 1. The van der Waals surface area contributed by atoms with Gasteiger partial charge in [0.25, 0.3) is 0 Å². The molecular weight excluding hydrogens is 253 g/mol. The van der Waals surface area contributed by atoms with E-state index in [9.17, 15) is 22.8 Å². The molecule has 1 N–H and O–H groups in total. The van der Waals surface area contributed by atoms with E-state index >= 15 is 0 Å². The summed E-state index contributed by atoms with van der Waals surface area (Å²) in [6.45, 7) is 1.43. The van der Waals surface area contributed by atoms with Crippen molar-refractivity contribution < 1.29 is 27.5 Å². The average molecular weight is 270 g/mol. The second kappa shape index (κ2) is 7.20. The van der Waals surface area contributed by atoms with Crippen molar-refractivity contribution in [3.8, 4) is 0 Å². The van der Waals surface area contributed by atoms with Crippen LogP contribution in [0.2, 0.25) is 0 Å². The molecule has 0 unspecified atom stereocenters. The van der Waals surface area contributed by atoms with Gasteiger partial charge in [-0.3, -0.25) is 9.59 Å². The van der Waals surface area contributed by atoms with Crippen LogP contribution in [0, 0.1) is 0 Å². The Morgan fingerprint density at radius 1 is 1.33 bits per heavy atom. The third kappa shape index (κ3) is 8.80. The van der Waals surface area contributed by atoms with Gasteiger partial charge >= 0.3 is 6.18 Å². The van der Waals surface area contributed by atoms with Crippen molar-refractivity contribution in [1.82, 2.24) is 10.2 Å². The smallest absolute Gasteiger partial charge is 0.369 e. The minimum atomic E-state index is -4.46. The molecule has 0 aliphatic heterocycles. The molecule has 0 atom stereocenters. The molecule has 5 nitrogen and oxygen atoms in total. The second-order valence-corrected chi connectivity index (χ2v) is 4.00. The summed E-state index contributed by atoms with van der Waals surface area (Å²) in [5.74, 6) is -1.33. The van der Waals surface area contributed by atoms with Crippen LogP contribution in [0.15, 0.2) is 0 Å². The van der Waals surface area contributed by atoms with Crippen molar-refractivity contribution in [2.45, 2.75) is 26.1 Å². The third-order valence-corrected chi connectivity index (χ3v) is 1.83. The molecule has 106 valence electrons. The van der Waals surface area contributed by atoms with E-state index in [1.165, 1.54) is 7.05 Å². The van der Waals surface area contributed by atoms with Crippen LogP contribution in [0.1, 0.15) is 13.8 Å². The fraction of sp³-hybridized carbons (Fsp3) is 0.800. The van der Waals surface area contributed by atoms with E-state index in [1.54, 1.807) is 19.2 Å². The Kier molecular flexibility index (Phi) is 6.67. The highest BCUT2D eigenvalue weighted by Crippen LogP contribution is 2.11. The molecule has 2 amide bonds. The number of amides is 2. The molecule has 0 radical (unpaired) electrons. The van der Waals surface area contributed by atoms with Crippen LogP contribution in [0.3, 0.4) is 0 Å². The van der Waals surface area contributed by atoms with Crippen molar-refractivity contribution >= 4 is 11.8 Å². The van der Waals surface area contributed by atoms with Gasteiger partial charge in [0.05, 0.1) is 12.6 Å². The third-order valence-electron chi connectivity index (χ3n) is 1.83. The summed E-state index contributed by atoms with van der Waals surface area (Å²) in [5, 5.41) is 1.67. The molecule has 0 fully saturated rings. The van der Waals surface area contributed by atoms with Crippen LogP contribution in [0.5, 0.6) is 0 Å². The Bertz CT molecular complexity index is 293. The molecule has 0 aromatic rings. The van der Waals surface area contributed by atoms with Gasteiger partial charge in [-0.05, 0) is 13.8 Å². The maximum atomic E-state index is 11.8. The summed E-state index contributed by atoms with van der Waals surface area (Å²) in [5.41, 5.74) is 0. The van der Waals surface area contributed by atoms with Crippen molar-refractivity contribution in [2.24, 2.45) is 0 Å². The first-order chi connectivity index (χ1) is 8.11.